The van der Waals surface area contributed by atoms with Gasteiger partial charge in [0.25, 0.3) is 5.91 Å². The first-order valence-corrected chi connectivity index (χ1v) is 13.8. The van der Waals surface area contributed by atoms with Gasteiger partial charge in [-0.1, -0.05) is 32.3 Å². The largest absolute Gasteiger partial charge is 0.491 e. The molecule has 3 atom stereocenters. The number of carbonyl (C=O) groups excluding carboxylic acids is 2. The Morgan fingerprint density at radius 3 is 2.66 bits per heavy atom. The second-order valence-electron chi connectivity index (χ2n) is 10.9. The maximum Gasteiger partial charge on any atom is 0.257 e. The van der Waals surface area contributed by atoms with Crippen molar-refractivity contribution in [2.24, 2.45) is 11.8 Å². The molecule has 1 aliphatic carbocycles. The molecule has 1 aliphatic heterocycles. The highest BCUT2D eigenvalue weighted by Crippen LogP contribution is 2.29. The number of nitrogens with zero attached hydrogens (tertiary/aromatic N) is 3. The second kappa shape index (κ2) is 13.2. The van der Waals surface area contributed by atoms with E-state index in [4.69, 9.17) is 9.47 Å². The van der Waals surface area contributed by atoms with Gasteiger partial charge >= 0.3 is 0 Å². The third kappa shape index (κ3) is 7.11. The van der Waals surface area contributed by atoms with Gasteiger partial charge in [-0.2, -0.15) is 0 Å². The predicted octanol–water partition coefficient (Wildman–Crippen LogP) is 4.61. The fourth-order valence-electron chi connectivity index (χ4n) is 5.48. The zero-order valence-electron chi connectivity index (χ0n) is 23.2. The number of anilines is 1. The molecule has 8 nitrogen and oxygen atoms in total. The molecule has 2 amide bonds. The van der Waals surface area contributed by atoms with E-state index in [2.05, 4.69) is 35.1 Å². The minimum absolute atomic E-state index is 0.0486. The number of ether oxygens (including phenoxy) is 2. The van der Waals surface area contributed by atoms with Crippen LogP contribution < -0.4 is 10.1 Å². The van der Waals surface area contributed by atoms with Crippen LogP contribution in [0.2, 0.25) is 0 Å². The third-order valence-corrected chi connectivity index (χ3v) is 7.93. The standard InChI is InChI=1S/C30H42N4O4/c1-21-17-34(18-23-9-8-14-31-16-23)22(2)20-38-27-15-25(32-29(35)24-10-6-5-7-11-24)12-13-26(27)30(36)33(3)19-28(21)37-4/h8-9,12-16,21-22,24,28H,5-7,10-11,17-20H2,1-4H3,(H,32,35)/t21-,22-,28-/m1/s1. The predicted molar refractivity (Wildman–Crippen MR) is 148 cm³/mol. The monoisotopic (exact) mass is 522 g/mol. The first-order valence-electron chi connectivity index (χ1n) is 13.8. The van der Waals surface area contributed by atoms with Crippen molar-refractivity contribution >= 4 is 17.5 Å². The fourth-order valence-corrected chi connectivity index (χ4v) is 5.48. The van der Waals surface area contributed by atoms with Crippen molar-refractivity contribution in [2.45, 2.75) is 64.6 Å². The Kier molecular flexibility index (Phi) is 9.74. The number of hydrogen-bond donors (Lipinski definition) is 1. The maximum atomic E-state index is 13.5. The number of pyridine rings is 1. The van der Waals surface area contributed by atoms with Crippen molar-refractivity contribution in [1.29, 1.82) is 0 Å². The van der Waals surface area contributed by atoms with Gasteiger partial charge in [0.05, 0.1) is 11.7 Å². The molecule has 206 valence electrons. The molecule has 1 N–H and O–H groups in total. The number of nitrogens with one attached hydrogen (secondary N) is 1. The van der Waals surface area contributed by atoms with Crippen LogP contribution in [0.25, 0.3) is 0 Å². The molecule has 0 spiro atoms. The molecular weight excluding hydrogens is 480 g/mol. The number of methoxy groups -OCH3 is 1. The van der Waals surface area contributed by atoms with E-state index >= 15 is 0 Å². The number of amides is 2. The Bertz CT molecular complexity index is 1070. The highest BCUT2D eigenvalue weighted by Gasteiger charge is 2.29. The molecular formula is C30H42N4O4. The summed E-state index contributed by atoms with van der Waals surface area (Å²) in [6.45, 7) is 6.68. The van der Waals surface area contributed by atoms with Crippen LogP contribution in [-0.2, 0) is 16.1 Å². The van der Waals surface area contributed by atoms with Crippen LogP contribution in [-0.4, -0.2) is 72.6 Å². The summed E-state index contributed by atoms with van der Waals surface area (Å²) in [5.74, 6) is 0.645. The van der Waals surface area contributed by atoms with E-state index in [0.29, 0.717) is 30.2 Å². The molecule has 2 aromatic rings. The van der Waals surface area contributed by atoms with Gasteiger partial charge in [-0.3, -0.25) is 19.5 Å². The third-order valence-electron chi connectivity index (χ3n) is 7.93. The second-order valence-corrected chi connectivity index (χ2v) is 10.9. The molecule has 0 unspecified atom stereocenters. The first-order chi connectivity index (χ1) is 18.4. The van der Waals surface area contributed by atoms with Crippen molar-refractivity contribution in [2.75, 3.05) is 39.2 Å². The van der Waals surface area contributed by atoms with Crippen LogP contribution in [0.15, 0.2) is 42.7 Å². The number of carbonyl (C=O) groups is 2. The van der Waals surface area contributed by atoms with E-state index in [1.54, 1.807) is 43.5 Å². The molecule has 4 rings (SSSR count). The molecule has 2 aliphatic rings. The average Bonchev–Trinajstić information content (AvgIpc) is 2.94. The zero-order valence-corrected chi connectivity index (χ0v) is 23.2. The van der Waals surface area contributed by atoms with Crippen molar-refractivity contribution in [1.82, 2.24) is 14.8 Å². The van der Waals surface area contributed by atoms with Gasteiger partial charge in [0.2, 0.25) is 5.91 Å². The highest BCUT2D eigenvalue weighted by atomic mass is 16.5. The lowest BCUT2D eigenvalue weighted by Gasteiger charge is -2.36. The van der Waals surface area contributed by atoms with Gasteiger partial charge in [0.15, 0.2) is 0 Å². The van der Waals surface area contributed by atoms with Crippen LogP contribution in [0, 0.1) is 11.8 Å². The van der Waals surface area contributed by atoms with E-state index in [0.717, 1.165) is 44.3 Å². The van der Waals surface area contributed by atoms with Crippen LogP contribution in [0.3, 0.4) is 0 Å². The van der Waals surface area contributed by atoms with Crippen molar-refractivity contribution in [3.05, 3.63) is 53.9 Å². The summed E-state index contributed by atoms with van der Waals surface area (Å²) < 4.78 is 12.2. The molecule has 1 aromatic carbocycles. The topological polar surface area (TPSA) is 84.0 Å². The maximum absolute atomic E-state index is 13.5. The average molecular weight is 523 g/mol. The lowest BCUT2D eigenvalue weighted by molar-refractivity contribution is -0.120. The Labute approximate surface area is 226 Å². The normalized spacial score (nSPS) is 24.1. The Morgan fingerprint density at radius 2 is 1.95 bits per heavy atom. The van der Waals surface area contributed by atoms with E-state index < -0.39 is 0 Å². The first kappa shape index (κ1) is 28.0. The van der Waals surface area contributed by atoms with Crippen molar-refractivity contribution in [3.63, 3.8) is 0 Å². The Morgan fingerprint density at radius 1 is 1.16 bits per heavy atom. The van der Waals surface area contributed by atoms with Gasteiger partial charge < -0.3 is 19.7 Å². The summed E-state index contributed by atoms with van der Waals surface area (Å²) >= 11 is 0. The number of hydrogen-bond acceptors (Lipinski definition) is 6. The summed E-state index contributed by atoms with van der Waals surface area (Å²) in [5.41, 5.74) is 2.27. The van der Waals surface area contributed by atoms with Gasteiger partial charge in [-0.25, -0.2) is 0 Å². The number of benzene rings is 1. The summed E-state index contributed by atoms with van der Waals surface area (Å²) in [6, 6.07) is 9.46. The molecule has 0 radical (unpaired) electrons. The van der Waals surface area contributed by atoms with Gasteiger partial charge in [-0.15, -0.1) is 0 Å². The lowest BCUT2D eigenvalue weighted by Crippen LogP contribution is -2.46. The number of rotatable bonds is 5. The minimum atomic E-state index is -0.125. The van der Waals surface area contributed by atoms with Crippen LogP contribution in [0.4, 0.5) is 5.69 Å². The summed E-state index contributed by atoms with van der Waals surface area (Å²) in [7, 11) is 3.50. The fraction of sp³-hybridized carbons (Fsp3) is 0.567. The Hall–Kier alpha value is -2.97. The van der Waals surface area contributed by atoms with Crippen LogP contribution in [0.5, 0.6) is 5.75 Å². The highest BCUT2D eigenvalue weighted by molar-refractivity contribution is 5.98. The summed E-state index contributed by atoms with van der Waals surface area (Å²) in [5, 5.41) is 3.07. The molecule has 1 fully saturated rings. The smallest absolute Gasteiger partial charge is 0.257 e. The van der Waals surface area contributed by atoms with E-state index in [1.165, 1.54) is 6.42 Å². The molecule has 0 bridgehead atoms. The summed E-state index contributed by atoms with van der Waals surface area (Å²) in [6.07, 6.45) is 8.81. The van der Waals surface area contributed by atoms with Gasteiger partial charge in [0.1, 0.15) is 12.4 Å². The zero-order chi connectivity index (χ0) is 27.1. The van der Waals surface area contributed by atoms with Crippen molar-refractivity contribution < 1.29 is 19.1 Å². The SMILES string of the molecule is CO[C@@H]1CN(C)C(=O)c2ccc(NC(=O)C3CCCCC3)cc2OC[C@@H](C)N(Cc2cccnc2)C[C@H]1C. The number of aromatic nitrogens is 1. The quantitative estimate of drug-likeness (QED) is 0.618. The van der Waals surface area contributed by atoms with Gasteiger partial charge in [-0.05, 0) is 49.4 Å². The lowest BCUT2D eigenvalue weighted by atomic mass is 9.88. The molecule has 1 saturated carbocycles. The van der Waals surface area contributed by atoms with Crippen LogP contribution in [0.1, 0.15) is 61.9 Å². The minimum Gasteiger partial charge on any atom is -0.491 e. The van der Waals surface area contributed by atoms with E-state index in [9.17, 15) is 9.59 Å². The molecule has 0 saturated heterocycles. The van der Waals surface area contributed by atoms with Crippen LogP contribution >= 0.6 is 0 Å². The molecule has 8 heteroatoms. The Balaban J connectivity index is 1.59. The number of fused-ring (bicyclic) bond motifs is 1. The molecule has 38 heavy (non-hydrogen) atoms. The van der Waals surface area contributed by atoms with Crippen molar-refractivity contribution in [3.8, 4) is 5.75 Å². The van der Waals surface area contributed by atoms with E-state index in [-0.39, 0.29) is 35.8 Å². The van der Waals surface area contributed by atoms with E-state index in [1.807, 2.05) is 12.3 Å². The summed E-state index contributed by atoms with van der Waals surface area (Å²) in [4.78, 5) is 34.7. The van der Waals surface area contributed by atoms with Gasteiger partial charge in [0, 0.05) is 69.9 Å². The molecule has 1 aromatic heterocycles. The number of likely N-dealkylation sites (N-methyl/N-ethyl adjacent to an activating group) is 1. The molecule has 2 heterocycles.